The second-order valence-electron chi connectivity index (χ2n) is 4.97. The molecule has 0 heterocycles. The summed E-state index contributed by atoms with van der Waals surface area (Å²) in [7, 11) is -2.78. The fraction of sp³-hybridized carbons (Fsp3) is 0.562. The number of rotatable bonds is 9. The van der Waals surface area contributed by atoms with Gasteiger partial charge >= 0.3 is 0 Å². The molecule has 1 rings (SSSR count). The molecule has 5 nitrogen and oxygen atoms in total. The summed E-state index contributed by atoms with van der Waals surface area (Å²) in [5.41, 5.74) is 0.591. The molecule has 0 atom stereocenters. The first-order chi connectivity index (χ1) is 10.5. The lowest BCUT2D eigenvalue weighted by atomic mass is 10.2. The van der Waals surface area contributed by atoms with E-state index in [1.165, 1.54) is 0 Å². The number of carbonyl (C=O) groups excluding carboxylic acids is 1. The lowest BCUT2D eigenvalue weighted by Gasteiger charge is -2.37. The molecular weight excluding hydrogens is 297 g/mol. The molecule has 1 N–H and O–H groups in total. The lowest BCUT2D eigenvalue weighted by Crippen LogP contribution is -2.38. The topological polar surface area (TPSA) is 52.7 Å². The highest BCUT2D eigenvalue weighted by Crippen LogP contribution is 2.51. The van der Waals surface area contributed by atoms with Crippen LogP contribution in [0.3, 0.4) is 0 Å². The van der Waals surface area contributed by atoms with E-state index in [0.29, 0.717) is 31.7 Å². The molecule has 0 radical (unpaired) electrons. The number of benzene rings is 1. The first kappa shape index (κ1) is 18.9. The minimum atomic E-state index is -2.78. The van der Waals surface area contributed by atoms with E-state index in [-0.39, 0.29) is 12.2 Å². The Labute approximate surface area is 134 Å². The van der Waals surface area contributed by atoms with E-state index < -0.39 is 7.44 Å². The largest absolute Gasteiger partial charge is 0.342 e. The fourth-order valence-corrected chi connectivity index (χ4v) is 5.45. The van der Waals surface area contributed by atoms with E-state index in [1.54, 1.807) is 12.1 Å². The van der Waals surface area contributed by atoms with E-state index in [2.05, 4.69) is 5.32 Å². The third-order valence-corrected chi connectivity index (χ3v) is 7.29. The predicted octanol–water partition coefficient (Wildman–Crippen LogP) is 3.25. The van der Waals surface area contributed by atoms with Crippen molar-refractivity contribution in [1.29, 1.82) is 0 Å². The van der Waals surface area contributed by atoms with Gasteiger partial charge in [0.15, 0.2) is 0 Å². The quantitative estimate of drug-likeness (QED) is 0.708. The van der Waals surface area contributed by atoms with Crippen molar-refractivity contribution in [2.45, 2.75) is 27.7 Å². The molecule has 0 bridgehead atoms. The van der Waals surface area contributed by atoms with E-state index in [0.717, 1.165) is 0 Å². The Balaban J connectivity index is 2.90. The van der Waals surface area contributed by atoms with Gasteiger partial charge in [-0.15, -0.1) is 0 Å². The van der Waals surface area contributed by atoms with Crippen LogP contribution in [0.5, 0.6) is 0 Å². The maximum absolute atomic E-state index is 13.5. The molecular formula is C16H28N3O2P. The highest BCUT2D eigenvalue weighted by atomic mass is 31.2. The minimum Gasteiger partial charge on any atom is -0.342 e. The van der Waals surface area contributed by atoms with E-state index >= 15 is 0 Å². The Hall–Kier alpha value is -1.16. The summed E-state index contributed by atoms with van der Waals surface area (Å²) in [5, 5.41) is 2.85. The van der Waals surface area contributed by atoms with Crippen molar-refractivity contribution < 1.29 is 9.36 Å². The molecule has 6 heteroatoms. The minimum absolute atomic E-state index is 0.171. The van der Waals surface area contributed by atoms with Gasteiger partial charge in [0.05, 0.1) is 6.29 Å². The van der Waals surface area contributed by atoms with Gasteiger partial charge in [0.25, 0.3) is 5.91 Å². The summed E-state index contributed by atoms with van der Waals surface area (Å²) in [6.45, 7) is 10.8. The summed E-state index contributed by atoms with van der Waals surface area (Å²) in [6, 6.07) is 9.03. The second kappa shape index (κ2) is 9.09. The normalized spacial score (nSPS) is 11.9. The number of nitrogens with zero attached hydrogens (tertiary/aromatic N) is 2. The molecule has 0 aliphatic heterocycles. The molecule has 0 spiro atoms. The average Bonchev–Trinajstić information content (AvgIpc) is 2.55. The Kier molecular flexibility index (Phi) is 7.80. The maximum atomic E-state index is 13.5. The van der Waals surface area contributed by atoms with Gasteiger partial charge in [-0.05, 0) is 12.1 Å². The van der Waals surface area contributed by atoms with Crippen LogP contribution in [0.4, 0.5) is 0 Å². The van der Waals surface area contributed by atoms with E-state index in [4.69, 9.17) is 0 Å². The van der Waals surface area contributed by atoms with Gasteiger partial charge in [-0.1, -0.05) is 45.9 Å². The molecule has 0 aliphatic rings. The Morgan fingerprint density at radius 2 is 1.41 bits per heavy atom. The number of nitrogens with one attached hydrogen (secondary N) is 1. The first-order valence-electron chi connectivity index (χ1n) is 7.96. The molecule has 1 amide bonds. The predicted molar refractivity (Wildman–Crippen MR) is 92.2 cm³/mol. The monoisotopic (exact) mass is 325 g/mol. The molecule has 22 heavy (non-hydrogen) atoms. The van der Waals surface area contributed by atoms with Gasteiger partial charge in [0, 0.05) is 31.7 Å². The van der Waals surface area contributed by atoms with E-state index in [1.807, 2.05) is 55.2 Å². The number of amides is 1. The molecule has 0 aliphatic carbocycles. The van der Waals surface area contributed by atoms with Gasteiger partial charge in [0.2, 0.25) is 7.44 Å². The van der Waals surface area contributed by atoms with Crippen molar-refractivity contribution in [2.75, 3.05) is 32.5 Å². The molecule has 1 aromatic rings. The summed E-state index contributed by atoms with van der Waals surface area (Å²) >= 11 is 0. The highest BCUT2D eigenvalue weighted by molar-refractivity contribution is 7.59. The molecule has 0 fully saturated rings. The van der Waals surface area contributed by atoms with Crippen molar-refractivity contribution >= 4 is 13.4 Å². The zero-order valence-electron chi connectivity index (χ0n) is 14.1. The zero-order chi connectivity index (χ0) is 16.6. The number of carbonyl (C=O) groups is 1. The van der Waals surface area contributed by atoms with Crippen molar-refractivity contribution in [1.82, 2.24) is 14.7 Å². The second-order valence-corrected chi connectivity index (χ2v) is 7.75. The molecule has 0 saturated heterocycles. The fourth-order valence-electron chi connectivity index (χ4n) is 2.58. The summed E-state index contributed by atoms with van der Waals surface area (Å²) in [6.07, 6.45) is 0.171. The smallest absolute Gasteiger partial charge is 0.251 e. The lowest BCUT2D eigenvalue weighted by molar-refractivity contribution is 0.0958. The van der Waals surface area contributed by atoms with Gasteiger partial charge in [-0.2, -0.15) is 0 Å². The van der Waals surface area contributed by atoms with Gasteiger partial charge < -0.3 is 5.32 Å². The van der Waals surface area contributed by atoms with Crippen LogP contribution in [-0.4, -0.2) is 47.7 Å². The van der Waals surface area contributed by atoms with Crippen molar-refractivity contribution in [2.24, 2.45) is 0 Å². The third kappa shape index (κ3) is 4.42. The maximum Gasteiger partial charge on any atom is 0.251 e. The molecule has 1 aromatic carbocycles. The van der Waals surface area contributed by atoms with Crippen molar-refractivity contribution in [3.05, 3.63) is 35.9 Å². The van der Waals surface area contributed by atoms with Crippen LogP contribution in [0, 0.1) is 0 Å². The van der Waals surface area contributed by atoms with Crippen LogP contribution in [0.15, 0.2) is 30.3 Å². The standard InChI is InChI=1S/C16H28N3O2P/c1-5-18(6-2)22(21,19(7-3)8-4)14-17-16(20)15-12-10-9-11-13-15/h9-13H,5-8,14H2,1-4H3,(H,17,20). The van der Waals surface area contributed by atoms with Gasteiger partial charge in [-0.25, -0.2) is 9.34 Å². The van der Waals surface area contributed by atoms with Crippen LogP contribution >= 0.6 is 7.44 Å². The number of hydrogen-bond donors (Lipinski definition) is 1. The molecule has 0 unspecified atom stereocenters. The highest BCUT2D eigenvalue weighted by Gasteiger charge is 2.34. The van der Waals surface area contributed by atoms with Crippen molar-refractivity contribution in [3.8, 4) is 0 Å². The Morgan fingerprint density at radius 1 is 0.955 bits per heavy atom. The first-order valence-corrected chi connectivity index (χ1v) is 9.76. The summed E-state index contributed by atoms with van der Waals surface area (Å²) < 4.78 is 17.4. The summed E-state index contributed by atoms with van der Waals surface area (Å²) in [4.78, 5) is 12.2. The number of hydrogen-bond acceptors (Lipinski definition) is 2. The Morgan fingerprint density at radius 3 is 1.82 bits per heavy atom. The van der Waals surface area contributed by atoms with Crippen LogP contribution in [0.25, 0.3) is 0 Å². The van der Waals surface area contributed by atoms with E-state index in [9.17, 15) is 9.36 Å². The Bertz CT molecular complexity index is 483. The van der Waals surface area contributed by atoms with Crippen LogP contribution in [0.1, 0.15) is 38.1 Å². The van der Waals surface area contributed by atoms with Gasteiger partial charge in [0.1, 0.15) is 0 Å². The third-order valence-electron chi connectivity index (χ3n) is 3.83. The zero-order valence-corrected chi connectivity index (χ0v) is 15.0. The molecule has 0 saturated carbocycles. The average molecular weight is 325 g/mol. The van der Waals surface area contributed by atoms with Crippen LogP contribution in [0.2, 0.25) is 0 Å². The SMILES string of the molecule is CCN(CC)P(=O)(CNC(=O)c1ccccc1)N(CC)CC. The van der Waals surface area contributed by atoms with Crippen molar-refractivity contribution in [3.63, 3.8) is 0 Å². The van der Waals surface area contributed by atoms with Gasteiger partial charge in [-0.3, -0.25) is 9.36 Å². The van der Waals surface area contributed by atoms with Crippen LogP contribution in [-0.2, 0) is 4.57 Å². The summed E-state index contributed by atoms with van der Waals surface area (Å²) in [5.74, 6) is -0.180. The molecule has 0 aromatic heterocycles. The van der Waals surface area contributed by atoms with Crippen LogP contribution < -0.4 is 5.32 Å². The molecule has 124 valence electrons.